The van der Waals surface area contributed by atoms with Crippen molar-refractivity contribution in [1.29, 1.82) is 0 Å². The van der Waals surface area contributed by atoms with Crippen molar-refractivity contribution in [3.05, 3.63) is 94.7 Å². The SMILES string of the molecule is CCOc1ccc([C@@H]2C(C(=O)OC)=CN=c3s/c(=C\c4ccc(C)c([N+](=O)[O-])c4)c(=O)n32)cc1OCC. The van der Waals surface area contributed by atoms with Crippen molar-refractivity contribution in [2.75, 3.05) is 20.3 Å². The molecule has 2 aromatic carbocycles. The van der Waals surface area contributed by atoms with Gasteiger partial charge in [-0.25, -0.2) is 9.79 Å². The highest BCUT2D eigenvalue weighted by molar-refractivity contribution is 7.07. The van der Waals surface area contributed by atoms with Crippen molar-refractivity contribution in [1.82, 2.24) is 4.57 Å². The van der Waals surface area contributed by atoms with Gasteiger partial charge in [0.25, 0.3) is 11.2 Å². The predicted octanol–water partition coefficient (Wildman–Crippen LogP) is 3.03. The summed E-state index contributed by atoms with van der Waals surface area (Å²) in [4.78, 5) is 42.0. The number of fused-ring (bicyclic) bond motifs is 1. The van der Waals surface area contributed by atoms with Gasteiger partial charge in [-0.2, -0.15) is 0 Å². The Morgan fingerprint density at radius 2 is 1.89 bits per heavy atom. The van der Waals surface area contributed by atoms with Gasteiger partial charge in [-0.05, 0) is 50.1 Å². The molecule has 1 aliphatic heterocycles. The Kier molecular flexibility index (Phi) is 7.53. The van der Waals surface area contributed by atoms with Gasteiger partial charge < -0.3 is 14.2 Å². The maximum Gasteiger partial charge on any atom is 0.337 e. The number of hydrogen-bond donors (Lipinski definition) is 0. The van der Waals surface area contributed by atoms with Crippen molar-refractivity contribution < 1.29 is 23.9 Å². The zero-order valence-electron chi connectivity index (χ0n) is 20.7. The number of benzene rings is 2. The lowest BCUT2D eigenvalue weighted by molar-refractivity contribution is -0.385. The smallest absolute Gasteiger partial charge is 0.337 e. The third-order valence-electron chi connectivity index (χ3n) is 5.74. The number of carbonyl (C=O) groups is 1. The number of esters is 1. The molecule has 10 nitrogen and oxygen atoms in total. The molecule has 0 N–H and O–H groups in total. The minimum atomic E-state index is -0.826. The van der Waals surface area contributed by atoms with Crippen LogP contribution in [0.2, 0.25) is 0 Å². The molecule has 11 heteroatoms. The first-order valence-corrected chi connectivity index (χ1v) is 12.3. The number of aromatic nitrogens is 1. The normalized spacial score (nSPS) is 14.9. The largest absolute Gasteiger partial charge is 0.490 e. The van der Waals surface area contributed by atoms with Gasteiger partial charge in [0.05, 0.1) is 41.4 Å². The van der Waals surface area contributed by atoms with E-state index < -0.39 is 22.5 Å². The van der Waals surface area contributed by atoms with Gasteiger partial charge >= 0.3 is 5.97 Å². The maximum absolute atomic E-state index is 13.6. The van der Waals surface area contributed by atoms with Crippen LogP contribution in [0.15, 0.2) is 58.0 Å². The Labute approximate surface area is 215 Å². The molecule has 0 saturated heterocycles. The fourth-order valence-electron chi connectivity index (χ4n) is 4.05. The fourth-order valence-corrected chi connectivity index (χ4v) is 5.02. The van der Waals surface area contributed by atoms with E-state index in [1.165, 1.54) is 23.9 Å². The highest BCUT2D eigenvalue weighted by Crippen LogP contribution is 2.35. The number of nitro benzene ring substituents is 1. The molecule has 1 atom stereocenters. The van der Waals surface area contributed by atoms with Crippen molar-refractivity contribution in [2.45, 2.75) is 26.8 Å². The molecule has 0 amide bonds. The first-order chi connectivity index (χ1) is 17.8. The molecule has 2 heterocycles. The molecular weight excluding hydrogens is 498 g/mol. The summed E-state index contributed by atoms with van der Waals surface area (Å²) in [5.41, 5.74) is 1.39. The lowest BCUT2D eigenvalue weighted by atomic mass is 9.97. The van der Waals surface area contributed by atoms with Crippen LogP contribution in [-0.4, -0.2) is 35.8 Å². The Bertz CT molecular complexity index is 1590. The molecule has 0 radical (unpaired) electrons. The topological polar surface area (TPSA) is 122 Å². The number of thiazole rings is 1. The fraction of sp³-hybridized carbons (Fsp3) is 0.269. The molecule has 0 aliphatic carbocycles. The number of ether oxygens (including phenoxy) is 3. The van der Waals surface area contributed by atoms with Gasteiger partial charge in [0.15, 0.2) is 16.3 Å². The number of hydrogen-bond acceptors (Lipinski definition) is 9. The summed E-state index contributed by atoms with van der Waals surface area (Å²) in [6.45, 7) is 6.20. The second-order valence-electron chi connectivity index (χ2n) is 8.05. The van der Waals surface area contributed by atoms with Crippen molar-refractivity contribution >= 4 is 29.1 Å². The average Bonchev–Trinajstić information content (AvgIpc) is 3.20. The number of rotatable bonds is 8. The highest BCUT2D eigenvalue weighted by atomic mass is 32.1. The zero-order chi connectivity index (χ0) is 26.7. The van der Waals surface area contributed by atoms with Gasteiger partial charge in [0.1, 0.15) is 0 Å². The van der Waals surface area contributed by atoms with E-state index in [1.807, 2.05) is 13.8 Å². The third-order valence-corrected chi connectivity index (χ3v) is 6.73. The van der Waals surface area contributed by atoms with E-state index in [1.54, 1.807) is 43.3 Å². The van der Waals surface area contributed by atoms with Crippen molar-refractivity contribution in [2.24, 2.45) is 4.99 Å². The molecule has 4 rings (SSSR count). The lowest BCUT2D eigenvalue weighted by Gasteiger charge is -2.23. The monoisotopic (exact) mass is 523 g/mol. The Morgan fingerprint density at radius 1 is 1.16 bits per heavy atom. The van der Waals surface area contributed by atoms with Crippen LogP contribution in [0.4, 0.5) is 5.69 Å². The minimum absolute atomic E-state index is 0.0368. The lowest BCUT2D eigenvalue weighted by Crippen LogP contribution is -2.39. The van der Waals surface area contributed by atoms with Gasteiger partial charge in [-0.1, -0.05) is 29.5 Å². The van der Waals surface area contributed by atoms with Gasteiger partial charge in [-0.3, -0.25) is 19.5 Å². The first-order valence-electron chi connectivity index (χ1n) is 11.5. The zero-order valence-corrected chi connectivity index (χ0v) is 21.5. The summed E-state index contributed by atoms with van der Waals surface area (Å²) in [6, 6.07) is 9.18. The minimum Gasteiger partial charge on any atom is -0.490 e. The van der Waals surface area contributed by atoms with E-state index in [0.29, 0.717) is 50.7 Å². The molecule has 1 aromatic heterocycles. The van der Waals surface area contributed by atoms with Crippen LogP contribution < -0.4 is 24.4 Å². The van der Waals surface area contributed by atoms with Crippen LogP contribution in [0, 0.1) is 17.0 Å². The van der Waals surface area contributed by atoms with Crippen molar-refractivity contribution in [3.63, 3.8) is 0 Å². The van der Waals surface area contributed by atoms with E-state index in [-0.39, 0.29) is 11.3 Å². The van der Waals surface area contributed by atoms with Gasteiger partial charge in [0, 0.05) is 17.8 Å². The van der Waals surface area contributed by atoms with Crippen LogP contribution >= 0.6 is 11.3 Å². The van der Waals surface area contributed by atoms with E-state index >= 15 is 0 Å². The summed E-state index contributed by atoms with van der Waals surface area (Å²) < 4.78 is 18.1. The van der Waals surface area contributed by atoms with E-state index in [2.05, 4.69) is 4.99 Å². The Hall–Kier alpha value is -4.25. The second-order valence-corrected chi connectivity index (χ2v) is 9.06. The maximum atomic E-state index is 13.6. The molecule has 0 unspecified atom stereocenters. The average molecular weight is 524 g/mol. The number of nitro groups is 1. The number of aryl methyl sites for hydroxylation is 1. The quantitative estimate of drug-likeness (QED) is 0.253. The molecule has 1 aliphatic rings. The summed E-state index contributed by atoms with van der Waals surface area (Å²) in [7, 11) is 1.26. The summed E-state index contributed by atoms with van der Waals surface area (Å²) >= 11 is 1.13. The molecule has 0 saturated carbocycles. The van der Waals surface area contributed by atoms with Crippen LogP contribution in [0.1, 0.15) is 36.6 Å². The standard InChI is InChI=1S/C26H25N3O7S/c1-5-35-20-10-9-17(13-21(20)36-6-2)23-18(25(31)34-4)14-27-26-28(23)24(30)22(37-26)12-16-8-7-15(3)19(11-16)29(32)33/h7-14,23H,5-6H2,1-4H3/b22-12-/t23-/m1/s1. The molecule has 37 heavy (non-hydrogen) atoms. The molecule has 3 aromatic rings. The van der Waals surface area contributed by atoms with Gasteiger partial charge in [0.2, 0.25) is 0 Å². The summed E-state index contributed by atoms with van der Waals surface area (Å²) in [6.07, 6.45) is 2.98. The van der Waals surface area contributed by atoms with E-state index in [0.717, 1.165) is 11.3 Å². The van der Waals surface area contributed by atoms with Crippen LogP contribution in [-0.2, 0) is 9.53 Å². The predicted molar refractivity (Wildman–Crippen MR) is 138 cm³/mol. The Balaban J connectivity index is 1.90. The molecule has 0 bridgehead atoms. The van der Waals surface area contributed by atoms with Crippen LogP contribution in [0.25, 0.3) is 6.08 Å². The second kappa shape index (κ2) is 10.8. The molecule has 192 valence electrons. The highest BCUT2D eigenvalue weighted by Gasteiger charge is 2.31. The van der Waals surface area contributed by atoms with Crippen molar-refractivity contribution in [3.8, 4) is 11.5 Å². The van der Waals surface area contributed by atoms with E-state index in [9.17, 15) is 19.7 Å². The molecule has 0 spiro atoms. The summed E-state index contributed by atoms with van der Waals surface area (Å²) in [5, 5.41) is 11.4. The van der Waals surface area contributed by atoms with Crippen LogP contribution in [0.5, 0.6) is 11.5 Å². The van der Waals surface area contributed by atoms with Crippen LogP contribution in [0.3, 0.4) is 0 Å². The van der Waals surface area contributed by atoms with E-state index in [4.69, 9.17) is 14.2 Å². The molecule has 0 fully saturated rings. The number of carbonyl (C=O) groups excluding carboxylic acids is 1. The third kappa shape index (κ3) is 5.03. The number of nitrogens with zero attached hydrogens (tertiary/aromatic N) is 3. The Morgan fingerprint density at radius 3 is 2.57 bits per heavy atom. The molecular formula is C26H25N3O7S. The first kappa shape index (κ1) is 25.8. The van der Waals surface area contributed by atoms with Gasteiger partial charge in [-0.15, -0.1) is 0 Å². The number of methoxy groups -OCH3 is 1. The summed E-state index contributed by atoms with van der Waals surface area (Å²) in [5.74, 6) is 0.409.